The van der Waals surface area contributed by atoms with Crippen molar-refractivity contribution in [3.05, 3.63) is 35.4 Å². The highest BCUT2D eigenvalue weighted by molar-refractivity contribution is 6.20. The smallest absolute Gasteiger partial charge is 0.339 e. The van der Waals surface area contributed by atoms with Crippen molar-refractivity contribution >= 4 is 17.8 Å². The van der Waals surface area contributed by atoms with Gasteiger partial charge in [0.15, 0.2) is 0 Å². The molecule has 122 valence electrons. The fraction of sp³-hybridized carbons (Fsp3) is 0.471. The number of nitrogens with zero attached hydrogens (tertiary/aromatic N) is 1. The van der Waals surface area contributed by atoms with Crippen molar-refractivity contribution in [1.82, 2.24) is 5.06 Å². The first-order valence-corrected chi connectivity index (χ1v) is 7.52. The number of carbonyl (C=O) groups excluding carboxylic acids is 3. The molecule has 0 N–H and O–H groups in total. The molecule has 0 saturated carbocycles. The average Bonchev–Trinajstić information content (AvgIpc) is 2.83. The molecule has 1 saturated heterocycles. The zero-order valence-electron chi connectivity index (χ0n) is 13.6. The Balaban J connectivity index is 1.80. The van der Waals surface area contributed by atoms with E-state index < -0.39 is 34.9 Å². The minimum atomic E-state index is -0.723. The lowest BCUT2D eigenvalue weighted by Gasteiger charge is -2.26. The molecule has 0 spiro atoms. The van der Waals surface area contributed by atoms with Gasteiger partial charge in [0.2, 0.25) is 0 Å². The zero-order chi connectivity index (χ0) is 17.0. The van der Waals surface area contributed by atoms with Crippen LogP contribution in [0.4, 0.5) is 0 Å². The Morgan fingerprint density at radius 3 is 2.09 bits per heavy atom. The lowest BCUT2D eigenvalue weighted by molar-refractivity contribution is -0.179. The van der Waals surface area contributed by atoms with E-state index >= 15 is 0 Å². The van der Waals surface area contributed by atoms with Crippen molar-refractivity contribution in [2.24, 2.45) is 5.92 Å². The molecule has 0 aliphatic carbocycles. The van der Waals surface area contributed by atoms with E-state index in [2.05, 4.69) is 0 Å². The van der Waals surface area contributed by atoms with Crippen LogP contribution in [0.2, 0.25) is 0 Å². The maximum atomic E-state index is 12.5. The molecule has 6 heteroatoms. The number of imide groups is 1. The Kier molecular flexibility index (Phi) is 3.33. The van der Waals surface area contributed by atoms with E-state index in [9.17, 15) is 14.4 Å². The highest BCUT2D eigenvalue weighted by atomic mass is 16.7. The van der Waals surface area contributed by atoms with Gasteiger partial charge in [-0.3, -0.25) is 9.59 Å². The van der Waals surface area contributed by atoms with Crippen LogP contribution in [0.5, 0.6) is 0 Å². The molecule has 2 amide bonds. The first-order chi connectivity index (χ1) is 10.6. The third-order valence-electron chi connectivity index (χ3n) is 4.30. The molecule has 1 unspecified atom stereocenters. The summed E-state index contributed by atoms with van der Waals surface area (Å²) in [6.45, 7) is 7.39. The summed E-state index contributed by atoms with van der Waals surface area (Å²) in [5.74, 6) is -2.42. The Hall–Kier alpha value is -2.21. The molecule has 1 aromatic rings. The number of amides is 2. The molecule has 0 aromatic heterocycles. The van der Waals surface area contributed by atoms with E-state index in [0.29, 0.717) is 11.5 Å². The molecule has 0 radical (unpaired) electrons. The molecule has 2 heterocycles. The van der Waals surface area contributed by atoms with Gasteiger partial charge in [0.25, 0.3) is 11.8 Å². The Morgan fingerprint density at radius 2 is 1.65 bits per heavy atom. The second kappa shape index (κ2) is 4.89. The largest absolute Gasteiger partial charge is 0.369 e. The van der Waals surface area contributed by atoms with Crippen molar-refractivity contribution in [2.75, 3.05) is 0 Å². The maximum absolute atomic E-state index is 12.5. The fourth-order valence-electron chi connectivity index (χ4n) is 3.33. The van der Waals surface area contributed by atoms with Gasteiger partial charge in [-0.1, -0.05) is 17.2 Å². The molecule has 2 aliphatic heterocycles. The van der Waals surface area contributed by atoms with Gasteiger partial charge in [0.05, 0.1) is 28.2 Å². The van der Waals surface area contributed by atoms with Gasteiger partial charge in [-0.15, -0.1) is 0 Å². The lowest BCUT2D eigenvalue weighted by atomic mass is 9.87. The summed E-state index contributed by atoms with van der Waals surface area (Å²) in [7, 11) is 0. The Morgan fingerprint density at radius 1 is 1.13 bits per heavy atom. The molecule has 0 bridgehead atoms. The number of hydrogen-bond acceptors (Lipinski definition) is 5. The first-order valence-electron chi connectivity index (χ1n) is 7.52. The summed E-state index contributed by atoms with van der Waals surface area (Å²) in [5.41, 5.74) is -0.700. The number of hydroxylamine groups is 2. The van der Waals surface area contributed by atoms with Crippen molar-refractivity contribution in [1.29, 1.82) is 0 Å². The number of benzene rings is 1. The number of fused-ring (bicyclic) bond motifs is 1. The molecule has 1 aromatic carbocycles. The molecule has 6 nitrogen and oxygen atoms in total. The first kappa shape index (κ1) is 15.7. The average molecular weight is 317 g/mol. The van der Waals surface area contributed by atoms with E-state index in [1.54, 1.807) is 26.0 Å². The third kappa shape index (κ3) is 2.53. The van der Waals surface area contributed by atoms with Crippen LogP contribution >= 0.6 is 0 Å². The Labute approximate surface area is 134 Å². The summed E-state index contributed by atoms with van der Waals surface area (Å²) in [5, 5.41) is 0.550. The van der Waals surface area contributed by atoms with Crippen LogP contribution in [0.1, 0.15) is 54.8 Å². The minimum absolute atomic E-state index is 0.243. The molecular weight excluding hydrogens is 298 g/mol. The number of ether oxygens (including phenoxy) is 1. The Bertz CT molecular complexity index is 672. The lowest BCUT2D eigenvalue weighted by Crippen LogP contribution is -2.40. The molecule has 1 fully saturated rings. The summed E-state index contributed by atoms with van der Waals surface area (Å²) in [4.78, 5) is 42.1. The number of rotatable bonds is 2. The second-order valence-corrected chi connectivity index (χ2v) is 7.08. The third-order valence-corrected chi connectivity index (χ3v) is 4.30. The SMILES string of the molecule is CC1(C)CC(C(=O)ON2C(=O)c3ccccc3C2=O)C(C)(C)O1. The normalized spacial score (nSPS) is 24.7. The van der Waals surface area contributed by atoms with Gasteiger partial charge < -0.3 is 9.57 Å². The van der Waals surface area contributed by atoms with Gasteiger partial charge >= 0.3 is 5.97 Å². The van der Waals surface area contributed by atoms with Crippen LogP contribution in [0.15, 0.2) is 24.3 Å². The van der Waals surface area contributed by atoms with Crippen LogP contribution in [0.3, 0.4) is 0 Å². The quantitative estimate of drug-likeness (QED) is 0.783. The predicted octanol–water partition coefficient (Wildman–Crippen LogP) is 2.33. The monoisotopic (exact) mass is 317 g/mol. The summed E-state index contributed by atoms with van der Waals surface area (Å²) in [6.07, 6.45) is 0.460. The van der Waals surface area contributed by atoms with Gasteiger partial charge in [-0.05, 0) is 46.2 Å². The van der Waals surface area contributed by atoms with Crippen LogP contribution in [-0.2, 0) is 14.4 Å². The highest BCUT2D eigenvalue weighted by Gasteiger charge is 2.51. The van der Waals surface area contributed by atoms with E-state index in [-0.39, 0.29) is 11.1 Å². The standard InChI is InChI=1S/C17H19NO5/c1-16(2)9-12(17(3,4)23-16)15(21)22-18-13(19)10-7-5-6-8-11(10)14(18)20/h5-8,12H,9H2,1-4H3. The van der Waals surface area contributed by atoms with Gasteiger partial charge in [-0.2, -0.15) is 0 Å². The van der Waals surface area contributed by atoms with Crippen molar-refractivity contribution in [3.8, 4) is 0 Å². The van der Waals surface area contributed by atoms with Crippen molar-refractivity contribution < 1.29 is 24.0 Å². The molecule has 1 atom stereocenters. The maximum Gasteiger partial charge on any atom is 0.339 e. The molecular formula is C17H19NO5. The van der Waals surface area contributed by atoms with Crippen molar-refractivity contribution in [3.63, 3.8) is 0 Å². The van der Waals surface area contributed by atoms with Crippen LogP contribution in [-0.4, -0.2) is 34.0 Å². The predicted molar refractivity (Wildman–Crippen MR) is 80.4 cm³/mol. The van der Waals surface area contributed by atoms with Gasteiger partial charge in [-0.25, -0.2) is 4.79 Å². The van der Waals surface area contributed by atoms with Crippen LogP contribution < -0.4 is 0 Å². The molecule has 2 aliphatic rings. The fourth-order valence-corrected chi connectivity index (χ4v) is 3.33. The summed E-state index contributed by atoms with van der Waals surface area (Å²) in [6, 6.07) is 6.39. The van der Waals surface area contributed by atoms with Crippen LogP contribution in [0, 0.1) is 5.92 Å². The number of carbonyl (C=O) groups is 3. The summed E-state index contributed by atoms with van der Waals surface area (Å²) < 4.78 is 5.86. The van der Waals surface area contributed by atoms with Gasteiger partial charge in [0.1, 0.15) is 0 Å². The van der Waals surface area contributed by atoms with E-state index in [0.717, 1.165) is 0 Å². The minimum Gasteiger partial charge on any atom is -0.369 e. The molecule has 3 rings (SSSR count). The van der Waals surface area contributed by atoms with E-state index in [1.165, 1.54) is 12.1 Å². The second-order valence-electron chi connectivity index (χ2n) is 7.08. The van der Waals surface area contributed by atoms with Crippen LogP contribution in [0.25, 0.3) is 0 Å². The topological polar surface area (TPSA) is 72.9 Å². The molecule has 23 heavy (non-hydrogen) atoms. The van der Waals surface area contributed by atoms with E-state index in [4.69, 9.17) is 9.57 Å². The summed E-state index contributed by atoms with van der Waals surface area (Å²) >= 11 is 0. The van der Waals surface area contributed by atoms with E-state index in [1.807, 2.05) is 13.8 Å². The zero-order valence-corrected chi connectivity index (χ0v) is 13.6. The number of hydrogen-bond donors (Lipinski definition) is 0. The highest BCUT2D eigenvalue weighted by Crippen LogP contribution is 2.42. The van der Waals surface area contributed by atoms with Gasteiger partial charge in [0, 0.05) is 0 Å². The van der Waals surface area contributed by atoms with Crippen molar-refractivity contribution in [2.45, 2.75) is 45.3 Å².